The maximum Gasteiger partial charge on any atom is 0.417 e. The number of aromatic nitrogens is 1. The number of morpholine rings is 1. The average molecular weight is 290 g/mol. The fraction of sp³-hybridized carbons (Fsp3) is 0.615. The Kier molecular flexibility index (Phi) is 4.49. The first-order chi connectivity index (χ1) is 9.40. The number of methoxy groups -OCH3 is 1. The van der Waals surface area contributed by atoms with Gasteiger partial charge in [-0.15, -0.1) is 0 Å². The maximum atomic E-state index is 12.5. The van der Waals surface area contributed by atoms with Crippen LogP contribution in [0.5, 0.6) is 0 Å². The minimum Gasteiger partial charge on any atom is -0.382 e. The summed E-state index contributed by atoms with van der Waals surface area (Å²) >= 11 is 0. The molecule has 112 valence electrons. The molecule has 1 aromatic heterocycles. The van der Waals surface area contributed by atoms with Gasteiger partial charge in [-0.3, -0.25) is 0 Å². The molecule has 1 saturated heterocycles. The Morgan fingerprint density at radius 1 is 1.40 bits per heavy atom. The second-order valence-corrected chi connectivity index (χ2v) is 4.83. The van der Waals surface area contributed by atoms with Crippen LogP contribution in [0.25, 0.3) is 0 Å². The number of pyridine rings is 1. The van der Waals surface area contributed by atoms with Gasteiger partial charge in [0, 0.05) is 26.4 Å². The van der Waals surface area contributed by atoms with Crippen molar-refractivity contribution >= 4 is 5.82 Å². The molecule has 0 radical (unpaired) electrons. The summed E-state index contributed by atoms with van der Waals surface area (Å²) in [6, 6.07) is 2.44. The first kappa shape index (κ1) is 15.1. The van der Waals surface area contributed by atoms with Gasteiger partial charge in [0.1, 0.15) is 5.82 Å². The number of halogens is 3. The normalized spacial score (nSPS) is 23.9. The van der Waals surface area contributed by atoms with E-state index >= 15 is 0 Å². The zero-order chi connectivity index (χ0) is 14.8. The number of alkyl halides is 3. The van der Waals surface area contributed by atoms with Crippen molar-refractivity contribution in [3.8, 4) is 0 Å². The van der Waals surface area contributed by atoms with Crippen molar-refractivity contribution in [1.29, 1.82) is 0 Å². The highest BCUT2D eigenvalue weighted by molar-refractivity contribution is 5.40. The van der Waals surface area contributed by atoms with Crippen LogP contribution in [0.15, 0.2) is 18.3 Å². The Morgan fingerprint density at radius 2 is 2.15 bits per heavy atom. The number of anilines is 1. The quantitative estimate of drug-likeness (QED) is 0.856. The maximum absolute atomic E-state index is 12.5. The van der Waals surface area contributed by atoms with E-state index in [0.29, 0.717) is 25.5 Å². The van der Waals surface area contributed by atoms with E-state index in [-0.39, 0.29) is 12.2 Å². The Balaban J connectivity index is 2.10. The Morgan fingerprint density at radius 3 is 2.70 bits per heavy atom. The summed E-state index contributed by atoms with van der Waals surface area (Å²) in [7, 11) is 1.59. The highest BCUT2D eigenvalue weighted by Crippen LogP contribution is 2.29. The van der Waals surface area contributed by atoms with Crippen LogP contribution in [-0.4, -0.2) is 44.0 Å². The second-order valence-electron chi connectivity index (χ2n) is 4.83. The zero-order valence-electron chi connectivity index (χ0n) is 11.4. The van der Waals surface area contributed by atoms with Gasteiger partial charge in [0.2, 0.25) is 0 Å². The molecule has 4 nitrogen and oxygen atoms in total. The molecule has 1 aromatic rings. The molecule has 2 rings (SSSR count). The minimum atomic E-state index is -4.36. The van der Waals surface area contributed by atoms with Crippen molar-refractivity contribution in [3.63, 3.8) is 0 Å². The summed E-state index contributed by atoms with van der Waals surface area (Å²) < 4.78 is 48.2. The molecule has 0 spiro atoms. The van der Waals surface area contributed by atoms with Crippen molar-refractivity contribution in [1.82, 2.24) is 4.98 Å². The Labute approximate surface area is 115 Å². The van der Waals surface area contributed by atoms with Crippen molar-refractivity contribution in [2.24, 2.45) is 0 Å². The molecule has 0 saturated carbocycles. The molecule has 0 aliphatic carbocycles. The minimum absolute atomic E-state index is 0.0204. The molecule has 0 bridgehead atoms. The lowest BCUT2D eigenvalue weighted by molar-refractivity contribution is -0.137. The van der Waals surface area contributed by atoms with Gasteiger partial charge < -0.3 is 14.4 Å². The van der Waals surface area contributed by atoms with Crippen molar-refractivity contribution in [3.05, 3.63) is 23.9 Å². The third-order valence-electron chi connectivity index (χ3n) is 3.08. The molecule has 2 heterocycles. The van der Waals surface area contributed by atoms with Gasteiger partial charge in [-0.05, 0) is 19.1 Å². The van der Waals surface area contributed by atoms with E-state index in [9.17, 15) is 13.2 Å². The third-order valence-corrected chi connectivity index (χ3v) is 3.08. The van der Waals surface area contributed by atoms with E-state index in [2.05, 4.69) is 4.98 Å². The molecule has 2 unspecified atom stereocenters. The topological polar surface area (TPSA) is 34.6 Å². The molecule has 2 atom stereocenters. The molecule has 1 aliphatic heterocycles. The Hall–Kier alpha value is -1.34. The van der Waals surface area contributed by atoms with Crippen LogP contribution in [0.4, 0.5) is 19.0 Å². The van der Waals surface area contributed by atoms with E-state index in [1.807, 2.05) is 11.8 Å². The van der Waals surface area contributed by atoms with Gasteiger partial charge >= 0.3 is 6.18 Å². The first-order valence-electron chi connectivity index (χ1n) is 6.32. The lowest BCUT2D eigenvalue weighted by atomic mass is 10.2. The second kappa shape index (κ2) is 5.97. The van der Waals surface area contributed by atoms with E-state index in [0.717, 1.165) is 12.3 Å². The molecule has 7 heteroatoms. The van der Waals surface area contributed by atoms with Gasteiger partial charge in [0.05, 0.1) is 24.4 Å². The smallest absolute Gasteiger partial charge is 0.382 e. The summed E-state index contributed by atoms with van der Waals surface area (Å²) in [5.41, 5.74) is -0.740. The summed E-state index contributed by atoms with van der Waals surface area (Å²) in [4.78, 5) is 5.82. The fourth-order valence-electron chi connectivity index (χ4n) is 2.25. The molecule has 0 N–H and O–H groups in total. The van der Waals surface area contributed by atoms with Gasteiger partial charge in [-0.1, -0.05) is 0 Å². The number of nitrogens with zero attached hydrogens (tertiary/aromatic N) is 2. The predicted octanol–water partition coefficient (Wildman–Crippen LogP) is 2.34. The van der Waals surface area contributed by atoms with Crippen LogP contribution >= 0.6 is 0 Å². The molecular formula is C13H17F3N2O2. The number of rotatable bonds is 3. The largest absolute Gasteiger partial charge is 0.417 e. The summed E-state index contributed by atoms with van der Waals surface area (Å²) in [5.74, 6) is 0.522. The van der Waals surface area contributed by atoms with E-state index in [1.165, 1.54) is 6.07 Å². The van der Waals surface area contributed by atoms with Crippen molar-refractivity contribution in [2.75, 3.05) is 31.7 Å². The number of hydrogen-bond acceptors (Lipinski definition) is 4. The third kappa shape index (κ3) is 3.61. The lowest BCUT2D eigenvalue weighted by Crippen LogP contribution is -2.48. The standard InChI is InChI=1S/C13H17F3N2O2/c1-9-6-18(7-11(20-9)8-19-2)12-4-3-10(5-17-12)13(14,15)16/h3-5,9,11H,6-8H2,1-2H3. The van der Waals surface area contributed by atoms with Gasteiger partial charge in [0.15, 0.2) is 0 Å². The molecule has 0 amide bonds. The summed E-state index contributed by atoms with van der Waals surface area (Å²) in [5, 5.41) is 0. The predicted molar refractivity (Wildman–Crippen MR) is 67.7 cm³/mol. The summed E-state index contributed by atoms with van der Waals surface area (Å²) in [6.07, 6.45) is -3.62. The first-order valence-corrected chi connectivity index (χ1v) is 6.32. The Bertz CT molecular complexity index is 436. The summed E-state index contributed by atoms with van der Waals surface area (Å²) in [6.45, 7) is 3.51. The molecule has 1 fully saturated rings. The number of hydrogen-bond donors (Lipinski definition) is 0. The molecule has 1 aliphatic rings. The zero-order valence-corrected chi connectivity index (χ0v) is 11.4. The van der Waals surface area contributed by atoms with Crippen LogP contribution < -0.4 is 4.90 Å². The molecular weight excluding hydrogens is 273 g/mol. The fourth-order valence-corrected chi connectivity index (χ4v) is 2.25. The molecule has 0 aromatic carbocycles. The van der Waals surface area contributed by atoms with Crippen molar-refractivity contribution < 1.29 is 22.6 Å². The highest BCUT2D eigenvalue weighted by atomic mass is 19.4. The number of ether oxygens (including phenoxy) is 2. The average Bonchev–Trinajstić information content (AvgIpc) is 2.37. The van der Waals surface area contributed by atoms with Crippen LogP contribution in [0.2, 0.25) is 0 Å². The van der Waals surface area contributed by atoms with E-state index in [1.54, 1.807) is 7.11 Å². The van der Waals surface area contributed by atoms with E-state index in [4.69, 9.17) is 9.47 Å². The monoisotopic (exact) mass is 290 g/mol. The van der Waals surface area contributed by atoms with Crippen LogP contribution in [0.1, 0.15) is 12.5 Å². The van der Waals surface area contributed by atoms with Gasteiger partial charge in [-0.2, -0.15) is 13.2 Å². The van der Waals surface area contributed by atoms with E-state index < -0.39 is 11.7 Å². The van der Waals surface area contributed by atoms with Gasteiger partial charge in [-0.25, -0.2) is 4.98 Å². The van der Waals surface area contributed by atoms with Crippen LogP contribution in [0.3, 0.4) is 0 Å². The van der Waals surface area contributed by atoms with Crippen LogP contribution in [0, 0.1) is 0 Å². The lowest BCUT2D eigenvalue weighted by Gasteiger charge is -2.37. The molecule has 20 heavy (non-hydrogen) atoms. The SMILES string of the molecule is COCC1CN(c2ccc(C(F)(F)F)cn2)CC(C)O1. The van der Waals surface area contributed by atoms with Gasteiger partial charge in [0.25, 0.3) is 0 Å². The van der Waals surface area contributed by atoms with Crippen LogP contribution in [-0.2, 0) is 15.7 Å². The highest BCUT2D eigenvalue weighted by Gasteiger charge is 2.31. The van der Waals surface area contributed by atoms with Crippen molar-refractivity contribution in [2.45, 2.75) is 25.3 Å².